The Balaban J connectivity index is 1.57. The molecule has 3 heterocycles. The van der Waals surface area contributed by atoms with Crippen LogP contribution in [0.5, 0.6) is 0 Å². The normalized spacial score (nSPS) is 18.0. The number of aryl methyl sites for hydroxylation is 1. The molecule has 0 radical (unpaired) electrons. The number of carbonyl (C=O) groups is 1. The van der Waals surface area contributed by atoms with E-state index in [9.17, 15) is 4.79 Å². The molecule has 4 rings (SSSR count). The van der Waals surface area contributed by atoms with Gasteiger partial charge in [-0.3, -0.25) is 4.79 Å². The van der Waals surface area contributed by atoms with Crippen molar-refractivity contribution in [2.45, 2.75) is 18.8 Å². The number of amides is 1. The molecule has 0 N–H and O–H groups in total. The van der Waals surface area contributed by atoms with Gasteiger partial charge in [0.2, 0.25) is 0 Å². The molecule has 0 bridgehead atoms. The summed E-state index contributed by atoms with van der Waals surface area (Å²) in [5, 5.41) is 9.21. The minimum atomic E-state index is -0.00683. The van der Waals surface area contributed by atoms with Gasteiger partial charge in [0.05, 0.1) is 5.52 Å². The van der Waals surface area contributed by atoms with Gasteiger partial charge in [0.1, 0.15) is 17.8 Å². The molecule has 1 fully saturated rings. The number of para-hydroxylation sites is 1. The van der Waals surface area contributed by atoms with E-state index in [0.717, 1.165) is 36.1 Å². The van der Waals surface area contributed by atoms with Crippen LogP contribution in [-0.4, -0.2) is 43.6 Å². The Morgan fingerprint density at radius 2 is 2.08 bits per heavy atom. The molecule has 1 atom stereocenters. The quantitative estimate of drug-likeness (QED) is 0.727. The van der Waals surface area contributed by atoms with Gasteiger partial charge in [-0.15, -0.1) is 10.2 Å². The Morgan fingerprint density at radius 1 is 1.21 bits per heavy atom. The first-order valence-electron chi connectivity index (χ1n) is 8.21. The molecule has 0 spiro atoms. The summed E-state index contributed by atoms with van der Waals surface area (Å²) in [5.41, 5.74) is 1.36. The summed E-state index contributed by atoms with van der Waals surface area (Å²) in [6.45, 7) is 1.43. The first kappa shape index (κ1) is 14.8. The third kappa shape index (κ3) is 2.64. The number of hydrogen-bond acceptors (Lipinski definition) is 4. The first-order valence-corrected chi connectivity index (χ1v) is 8.21. The molecule has 1 aliphatic rings. The van der Waals surface area contributed by atoms with Crippen molar-refractivity contribution in [3.63, 3.8) is 0 Å². The number of nitrogens with zero attached hydrogens (tertiary/aromatic N) is 5. The maximum absolute atomic E-state index is 12.9. The third-order valence-electron chi connectivity index (χ3n) is 4.64. The van der Waals surface area contributed by atoms with Gasteiger partial charge >= 0.3 is 0 Å². The first-order chi connectivity index (χ1) is 11.7. The van der Waals surface area contributed by atoms with Gasteiger partial charge in [-0.2, -0.15) is 0 Å². The summed E-state index contributed by atoms with van der Waals surface area (Å²) in [6.07, 6.45) is 3.71. The number of piperidine rings is 1. The van der Waals surface area contributed by atoms with Crippen LogP contribution in [0.25, 0.3) is 10.9 Å². The smallest absolute Gasteiger partial charge is 0.272 e. The summed E-state index contributed by atoms with van der Waals surface area (Å²) in [4.78, 5) is 19.3. The zero-order chi connectivity index (χ0) is 16.5. The highest BCUT2D eigenvalue weighted by molar-refractivity contribution is 5.95. The molecule has 0 aliphatic carbocycles. The Morgan fingerprint density at radius 3 is 2.92 bits per heavy atom. The number of hydrogen-bond donors (Lipinski definition) is 0. The van der Waals surface area contributed by atoms with E-state index in [1.807, 2.05) is 52.9 Å². The topological polar surface area (TPSA) is 63.9 Å². The fourth-order valence-corrected chi connectivity index (χ4v) is 3.38. The van der Waals surface area contributed by atoms with E-state index in [1.165, 1.54) is 0 Å². The lowest BCUT2D eigenvalue weighted by atomic mass is 9.97. The Labute approximate surface area is 140 Å². The van der Waals surface area contributed by atoms with E-state index in [4.69, 9.17) is 0 Å². The molecule has 6 heteroatoms. The van der Waals surface area contributed by atoms with Gasteiger partial charge < -0.3 is 9.47 Å². The SMILES string of the molecule is Cn1cnnc1C1CCCN(C(=O)c2ccc3ccccc3n2)C1. The highest BCUT2D eigenvalue weighted by Gasteiger charge is 2.28. The molecule has 1 aromatic carbocycles. The van der Waals surface area contributed by atoms with Crippen LogP contribution in [0.1, 0.15) is 35.1 Å². The lowest BCUT2D eigenvalue weighted by molar-refractivity contribution is 0.0698. The Hall–Kier alpha value is -2.76. The number of rotatable bonds is 2. The number of pyridine rings is 1. The predicted molar refractivity (Wildman–Crippen MR) is 90.6 cm³/mol. The molecule has 1 aliphatic heterocycles. The van der Waals surface area contributed by atoms with Crippen molar-refractivity contribution in [2.24, 2.45) is 7.05 Å². The van der Waals surface area contributed by atoms with Crippen LogP contribution in [0.4, 0.5) is 0 Å². The molecule has 1 saturated heterocycles. The lowest BCUT2D eigenvalue weighted by Crippen LogP contribution is -2.40. The maximum Gasteiger partial charge on any atom is 0.272 e. The monoisotopic (exact) mass is 321 g/mol. The van der Waals surface area contributed by atoms with Gasteiger partial charge in [-0.05, 0) is 25.0 Å². The van der Waals surface area contributed by atoms with Crippen molar-refractivity contribution in [2.75, 3.05) is 13.1 Å². The van der Waals surface area contributed by atoms with Crippen LogP contribution in [0.2, 0.25) is 0 Å². The third-order valence-corrected chi connectivity index (χ3v) is 4.64. The summed E-state index contributed by atoms with van der Waals surface area (Å²) in [6, 6.07) is 11.6. The molecule has 1 amide bonds. The average Bonchev–Trinajstić information content (AvgIpc) is 3.07. The summed E-state index contributed by atoms with van der Waals surface area (Å²) in [5.74, 6) is 1.17. The van der Waals surface area contributed by atoms with Crippen LogP contribution in [0, 0.1) is 0 Å². The molecular formula is C18H19N5O. The van der Waals surface area contributed by atoms with Gasteiger partial charge in [0.25, 0.3) is 5.91 Å². The zero-order valence-corrected chi connectivity index (χ0v) is 13.6. The average molecular weight is 321 g/mol. The summed E-state index contributed by atoms with van der Waals surface area (Å²) in [7, 11) is 1.95. The highest BCUT2D eigenvalue weighted by Crippen LogP contribution is 2.26. The van der Waals surface area contributed by atoms with E-state index in [0.29, 0.717) is 12.2 Å². The van der Waals surface area contributed by atoms with Crippen LogP contribution < -0.4 is 0 Å². The second-order valence-electron chi connectivity index (χ2n) is 6.28. The highest BCUT2D eigenvalue weighted by atomic mass is 16.2. The zero-order valence-electron chi connectivity index (χ0n) is 13.6. The largest absolute Gasteiger partial charge is 0.337 e. The number of aromatic nitrogens is 4. The van der Waals surface area contributed by atoms with Crippen LogP contribution >= 0.6 is 0 Å². The molecular weight excluding hydrogens is 302 g/mol. The minimum Gasteiger partial charge on any atom is -0.337 e. The van der Waals surface area contributed by atoms with Crippen molar-refractivity contribution >= 4 is 16.8 Å². The van der Waals surface area contributed by atoms with Crippen LogP contribution in [-0.2, 0) is 7.05 Å². The summed E-state index contributed by atoms with van der Waals surface area (Å²) >= 11 is 0. The second-order valence-corrected chi connectivity index (χ2v) is 6.28. The number of benzene rings is 1. The van der Waals surface area contributed by atoms with E-state index < -0.39 is 0 Å². The van der Waals surface area contributed by atoms with Crippen molar-refractivity contribution in [1.29, 1.82) is 0 Å². The predicted octanol–water partition coefficient (Wildman–Crippen LogP) is 2.38. The number of carbonyl (C=O) groups excluding carboxylic acids is 1. The van der Waals surface area contributed by atoms with Gasteiger partial charge in [-0.1, -0.05) is 24.3 Å². The van der Waals surface area contributed by atoms with Crippen LogP contribution in [0.3, 0.4) is 0 Å². The fraction of sp³-hybridized carbons (Fsp3) is 0.333. The van der Waals surface area contributed by atoms with Gasteiger partial charge in [0.15, 0.2) is 0 Å². The van der Waals surface area contributed by atoms with Gasteiger partial charge in [-0.25, -0.2) is 4.98 Å². The molecule has 122 valence electrons. The van der Waals surface area contributed by atoms with E-state index >= 15 is 0 Å². The molecule has 6 nitrogen and oxygen atoms in total. The van der Waals surface area contributed by atoms with Crippen molar-refractivity contribution in [1.82, 2.24) is 24.6 Å². The summed E-state index contributed by atoms with van der Waals surface area (Å²) < 4.78 is 1.94. The fourth-order valence-electron chi connectivity index (χ4n) is 3.38. The molecule has 3 aromatic rings. The minimum absolute atomic E-state index is 0.00683. The van der Waals surface area contributed by atoms with E-state index in [1.54, 1.807) is 6.33 Å². The second kappa shape index (κ2) is 6.03. The standard InChI is InChI=1S/C18H19N5O/c1-22-12-19-21-17(22)14-6-4-10-23(11-14)18(24)16-9-8-13-5-2-3-7-15(13)20-16/h2-3,5,7-9,12,14H,4,6,10-11H2,1H3. The Bertz CT molecular complexity index is 888. The van der Waals surface area contributed by atoms with Crippen molar-refractivity contribution in [3.8, 4) is 0 Å². The van der Waals surface area contributed by atoms with Gasteiger partial charge in [0, 0.05) is 31.4 Å². The van der Waals surface area contributed by atoms with Crippen molar-refractivity contribution in [3.05, 3.63) is 54.2 Å². The molecule has 0 saturated carbocycles. The Kier molecular flexibility index (Phi) is 3.72. The maximum atomic E-state index is 12.9. The number of likely N-dealkylation sites (tertiary alicyclic amines) is 1. The number of fused-ring (bicyclic) bond motifs is 1. The molecule has 24 heavy (non-hydrogen) atoms. The lowest BCUT2D eigenvalue weighted by Gasteiger charge is -2.32. The van der Waals surface area contributed by atoms with Crippen molar-refractivity contribution < 1.29 is 4.79 Å². The van der Waals surface area contributed by atoms with E-state index in [-0.39, 0.29) is 11.8 Å². The molecule has 2 aromatic heterocycles. The molecule has 1 unspecified atom stereocenters. The van der Waals surface area contributed by atoms with Crippen LogP contribution in [0.15, 0.2) is 42.7 Å². The van der Waals surface area contributed by atoms with E-state index in [2.05, 4.69) is 15.2 Å².